The van der Waals surface area contributed by atoms with E-state index in [-0.39, 0.29) is 0 Å². The molecule has 10 heteroatoms. The quantitative estimate of drug-likeness (QED) is 0.817. The maximum atomic E-state index is 13.0. The van der Waals surface area contributed by atoms with Crippen LogP contribution in [0.3, 0.4) is 0 Å². The van der Waals surface area contributed by atoms with Crippen LogP contribution in [0.15, 0.2) is 11.0 Å². The van der Waals surface area contributed by atoms with Gasteiger partial charge in [-0.15, -0.1) is 0 Å². The van der Waals surface area contributed by atoms with Gasteiger partial charge >= 0.3 is 0 Å². The summed E-state index contributed by atoms with van der Waals surface area (Å²) in [5, 5.41) is 6.80. The molecule has 0 bridgehead atoms. The molecule has 0 aromatic carbocycles. The number of piperazine rings is 1. The SMILES string of the molecule is Cc1cc(N2CCCC2)nc(N2CCN(S(=O)(=O)c3c(C)n[nH]c3C)CC2)n1. The fourth-order valence-corrected chi connectivity index (χ4v) is 5.72. The van der Waals surface area contributed by atoms with Crippen LogP contribution in [-0.2, 0) is 10.0 Å². The van der Waals surface area contributed by atoms with Crippen LogP contribution >= 0.6 is 0 Å². The van der Waals surface area contributed by atoms with Crippen LogP contribution in [0, 0.1) is 20.8 Å². The summed E-state index contributed by atoms with van der Waals surface area (Å²) in [7, 11) is -3.55. The molecule has 2 saturated heterocycles. The van der Waals surface area contributed by atoms with Gasteiger partial charge in [0.25, 0.3) is 0 Å². The Kier molecular flexibility index (Phi) is 5.00. The summed E-state index contributed by atoms with van der Waals surface area (Å²) >= 11 is 0. The standard InChI is InChI=1S/C18H27N7O2S/c1-13-12-16(23-6-4-5-7-23)20-18(19-13)24-8-10-25(11-9-24)28(26,27)17-14(2)21-22-15(17)3/h12H,4-11H2,1-3H3,(H,21,22). The van der Waals surface area contributed by atoms with Crippen molar-refractivity contribution < 1.29 is 8.42 Å². The number of nitrogens with one attached hydrogen (secondary N) is 1. The molecule has 2 aromatic rings. The van der Waals surface area contributed by atoms with E-state index in [1.165, 1.54) is 17.1 Å². The Morgan fingerprint density at radius 1 is 0.929 bits per heavy atom. The molecule has 28 heavy (non-hydrogen) atoms. The molecular formula is C18H27N7O2S. The van der Waals surface area contributed by atoms with Crippen molar-refractivity contribution in [2.24, 2.45) is 0 Å². The van der Waals surface area contributed by atoms with Crippen molar-refractivity contribution in [1.82, 2.24) is 24.5 Å². The molecule has 0 aliphatic carbocycles. The van der Waals surface area contributed by atoms with E-state index >= 15 is 0 Å². The molecule has 0 radical (unpaired) electrons. The smallest absolute Gasteiger partial charge is 0.246 e. The maximum Gasteiger partial charge on any atom is 0.246 e. The fraction of sp³-hybridized carbons (Fsp3) is 0.611. The van der Waals surface area contributed by atoms with Gasteiger partial charge in [-0.1, -0.05) is 0 Å². The van der Waals surface area contributed by atoms with Gasteiger partial charge in [0.15, 0.2) is 0 Å². The highest BCUT2D eigenvalue weighted by molar-refractivity contribution is 7.89. The van der Waals surface area contributed by atoms with E-state index in [1.54, 1.807) is 13.8 Å². The van der Waals surface area contributed by atoms with Gasteiger partial charge < -0.3 is 9.80 Å². The van der Waals surface area contributed by atoms with Crippen LogP contribution in [0.25, 0.3) is 0 Å². The lowest BCUT2D eigenvalue weighted by Crippen LogP contribution is -2.49. The van der Waals surface area contributed by atoms with E-state index in [2.05, 4.69) is 25.0 Å². The number of nitrogens with zero attached hydrogens (tertiary/aromatic N) is 6. The van der Waals surface area contributed by atoms with Crippen molar-refractivity contribution in [3.63, 3.8) is 0 Å². The monoisotopic (exact) mass is 405 g/mol. The zero-order valence-corrected chi connectivity index (χ0v) is 17.5. The molecule has 0 amide bonds. The van der Waals surface area contributed by atoms with Gasteiger partial charge in [-0.2, -0.15) is 14.4 Å². The van der Waals surface area contributed by atoms with Gasteiger partial charge in [-0.3, -0.25) is 5.10 Å². The summed E-state index contributed by atoms with van der Waals surface area (Å²) in [6, 6.07) is 2.03. The number of anilines is 2. The molecule has 4 heterocycles. The average Bonchev–Trinajstić information content (AvgIpc) is 3.31. The predicted molar refractivity (Wildman–Crippen MR) is 107 cm³/mol. The summed E-state index contributed by atoms with van der Waals surface area (Å²) < 4.78 is 27.6. The number of aryl methyl sites for hydroxylation is 3. The normalized spacial score (nSPS) is 18.8. The lowest BCUT2D eigenvalue weighted by Gasteiger charge is -2.34. The minimum atomic E-state index is -3.55. The Morgan fingerprint density at radius 3 is 2.21 bits per heavy atom. The van der Waals surface area contributed by atoms with Gasteiger partial charge in [-0.05, 0) is 33.6 Å². The molecule has 0 unspecified atom stereocenters. The number of hydrogen-bond acceptors (Lipinski definition) is 7. The van der Waals surface area contributed by atoms with E-state index in [1.807, 2.05) is 13.0 Å². The number of aromatic amines is 1. The Bertz CT molecular complexity index is 939. The van der Waals surface area contributed by atoms with Crippen molar-refractivity contribution >= 4 is 21.8 Å². The van der Waals surface area contributed by atoms with Gasteiger partial charge in [0.2, 0.25) is 16.0 Å². The van der Waals surface area contributed by atoms with Gasteiger partial charge in [0.1, 0.15) is 10.7 Å². The number of hydrogen-bond donors (Lipinski definition) is 1. The van der Waals surface area contributed by atoms with Gasteiger partial charge in [0.05, 0.1) is 11.4 Å². The summed E-state index contributed by atoms with van der Waals surface area (Å²) in [6.45, 7) is 9.45. The number of rotatable bonds is 4. The Hall–Kier alpha value is -2.20. The van der Waals surface area contributed by atoms with Crippen molar-refractivity contribution in [3.05, 3.63) is 23.1 Å². The van der Waals surface area contributed by atoms with E-state index in [0.717, 1.165) is 24.6 Å². The molecule has 152 valence electrons. The molecule has 1 N–H and O–H groups in total. The Balaban J connectivity index is 1.50. The topological polar surface area (TPSA) is 98.3 Å². The number of sulfonamides is 1. The van der Waals surface area contributed by atoms with Crippen LogP contribution in [0.4, 0.5) is 11.8 Å². The Morgan fingerprint density at radius 2 is 1.61 bits per heavy atom. The van der Waals surface area contributed by atoms with Gasteiger partial charge in [-0.25, -0.2) is 13.4 Å². The van der Waals surface area contributed by atoms with E-state index < -0.39 is 10.0 Å². The first-order chi connectivity index (χ1) is 13.4. The first kappa shape index (κ1) is 19.1. The highest BCUT2D eigenvalue weighted by Gasteiger charge is 2.33. The third-order valence-electron chi connectivity index (χ3n) is 5.44. The molecule has 9 nitrogen and oxygen atoms in total. The number of H-pyrrole nitrogens is 1. The average molecular weight is 406 g/mol. The third-order valence-corrected chi connectivity index (χ3v) is 7.60. The van der Waals surface area contributed by atoms with Crippen LogP contribution in [0.2, 0.25) is 0 Å². The highest BCUT2D eigenvalue weighted by Crippen LogP contribution is 2.25. The molecule has 4 rings (SSSR count). The predicted octanol–water partition coefficient (Wildman–Crippen LogP) is 1.24. The van der Waals surface area contributed by atoms with E-state index in [9.17, 15) is 8.42 Å². The highest BCUT2D eigenvalue weighted by atomic mass is 32.2. The molecule has 2 aromatic heterocycles. The van der Waals surface area contributed by atoms with E-state index in [4.69, 9.17) is 4.98 Å². The summed E-state index contributed by atoms with van der Waals surface area (Å²) in [4.78, 5) is 14.0. The van der Waals surface area contributed by atoms with Crippen molar-refractivity contribution in [3.8, 4) is 0 Å². The first-order valence-corrected chi connectivity index (χ1v) is 11.2. The van der Waals surface area contributed by atoms with Gasteiger partial charge in [0, 0.05) is 51.0 Å². The van der Waals surface area contributed by atoms with E-state index in [0.29, 0.717) is 48.4 Å². The second kappa shape index (κ2) is 7.32. The van der Waals surface area contributed by atoms with Crippen LogP contribution in [0.5, 0.6) is 0 Å². The molecule has 2 aliphatic rings. The van der Waals surface area contributed by atoms with Crippen molar-refractivity contribution in [2.45, 2.75) is 38.5 Å². The molecule has 2 aliphatic heterocycles. The van der Waals surface area contributed by atoms with Crippen LogP contribution in [0.1, 0.15) is 29.9 Å². The second-order valence-electron chi connectivity index (χ2n) is 7.52. The summed E-state index contributed by atoms with van der Waals surface area (Å²) in [5.41, 5.74) is 2.03. The zero-order chi connectivity index (χ0) is 19.9. The minimum absolute atomic E-state index is 0.295. The second-order valence-corrected chi connectivity index (χ2v) is 9.39. The molecule has 2 fully saturated rings. The Labute approximate surface area is 165 Å². The molecule has 0 spiro atoms. The summed E-state index contributed by atoms with van der Waals surface area (Å²) in [6.07, 6.45) is 2.39. The lowest BCUT2D eigenvalue weighted by molar-refractivity contribution is 0.382. The van der Waals surface area contributed by atoms with Crippen LogP contribution < -0.4 is 9.80 Å². The molecular weight excluding hydrogens is 378 g/mol. The largest absolute Gasteiger partial charge is 0.356 e. The molecule has 0 atom stereocenters. The fourth-order valence-electron chi connectivity index (χ4n) is 3.96. The summed E-state index contributed by atoms with van der Waals surface area (Å²) in [5.74, 6) is 1.66. The maximum absolute atomic E-state index is 13.0. The third kappa shape index (κ3) is 3.46. The van der Waals surface area contributed by atoms with Crippen LogP contribution in [-0.4, -0.2) is 72.2 Å². The zero-order valence-electron chi connectivity index (χ0n) is 16.6. The van der Waals surface area contributed by atoms with Crippen molar-refractivity contribution in [2.75, 3.05) is 49.1 Å². The number of aromatic nitrogens is 4. The molecule has 0 saturated carbocycles. The minimum Gasteiger partial charge on any atom is -0.356 e. The lowest BCUT2D eigenvalue weighted by atomic mass is 10.3. The first-order valence-electron chi connectivity index (χ1n) is 9.73. The van der Waals surface area contributed by atoms with Crippen molar-refractivity contribution in [1.29, 1.82) is 0 Å².